The topological polar surface area (TPSA) is 60.9 Å². The maximum absolute atomic E-state index is 11.6. The minimum absolute atomic E-state index is 0.111. The summed E-state index contributed by atoms with van der Waals surface area (Å²) in [7, 11) is 1.73. The molecule has 5 nitrogen and oxygen atoms in total. The SMILES string of the molecule is C=CC(C)(C/C(C=O)=C/c1ccc2c(c1)CCN2CC)N(C)CC(=O)O. The van der Waals surface area contributed by atoms with Crippen LogP contribution in [-0.4, -0.2) is 54.5 Å². The van der Waals surface area contributed by atoms with Gasteiger partial charge < -0.3 is 10.0 Å². The van der Waals surface area contributed by atoms with Gasteiger partial charge in [0.1, 0.15) is 6.29 Å². The van der Waals surface area contributed by atoms with Gasteiger partial charge in [0, 0.05) is 24.3 Å². The maximum Gasteiger partial charge on any atom is 0.317 e. The first-order valence-electron chi connectivity index (χ1n) is 8.93. The second kappa shape index (κ2) is 8.32. The van der Waals surface area contributed by atoms with E-state index in [-0.39, 0.29) is 6.54 Å². The van der Waals surface area contributed by atoms with Gasteiger partial charge in [-0.05, 0) is 68.6 Å². The maximum atomic E-state index is 11.6. The Morgan fingerprint density at radius 1 is 1.46 bits per heavy atom. The van der Waals surface area contributed by atoms with Crippen LogP contribution in [-0.2, 0) is 16.0 Å². The smallest absolute Gasteiger partial charge is 0.317 e. The lowest BCUT2D eigenvalue weighted by Gasteiger charge is -2.35. The second-order valence-corrected chi connectivity index (χ2v) is 7.04. The molecule has 0 saturated heterocycles. The molecule has 5 heteroatoms. The third kappa shape index (κ3) is 4.41. The highest BCUT2D eigenvalue weighted by Gasteiger charge is 2.28. The molecule has 1 atom stereocenters. The van der Waals surface area contributed by atoms with Crippen LogP contribution in [0.15, 0.2) is 36.4 Å². The quantitative estimate of drug-likeness (QED) is 0.419. The van der Waals surface area contributed by atoms with E-state index in [1.807, 2.05) is 19.1 Å². The number of carbonyl (C=O) groups is 2. The van der Waals surface area contributed by atoms with Gasteiger partial charge in [-0.15, -0.1) is 6.58 Å². The number of carboxylic acid groups (broad SMARTS) is 1. The summed E-state index contributed by atoms with van der Waals surface area (Å²) in [6, 6.07) is 6.28. The third-order valence-corrected chi connectivity index (χ3v) is 5.23. The van der Waals surface area contributed by atoms with E-state index in [4.69, 9.17) is 5.11 Å². The van der Waals surface area contributed by atoms with E-state index < -0.39 is 11.5 Å². The first-order chi connectivity index (χ1) is 12.3. The van der Waals surface area contributed by atoms with Crippen molar-refractivity contribution < 1.29 is 14.7 Å². The Morgan fingerprint density at radius 3 is 2.77 bits per heavy atom. The van der Waals surface area contributed by atoms with Gasteiger partial charge in [0.2, 0.25) is 0 Å². The Morgan fingerprint density at radius 2 is 2.19 bits per heavy atom. The van der Waals surface area contributed by atoms with E-state index >= 15 is 0 Å². The van der Waals surface area contributed by atoms with Crippen molar-refractivity contribution in [2.45, 2.75) is 32.2 Å². The van der Waals surface area contributed by atoms with E-state index in [0.29, 0.717) is 12.0 Å². The molecular formula is C21H28N2O3. The Bertz CT molecular complexity index is 726. The van der Waals surface area contributed by atoms with Gasteiger partial charge in [0.15, 0.2) is 0 Å². The van der Waals surface area contributed by atoms with Gasteiger partial charge in [-0.3, -0.25) is 14.5 Å². The number of hydrogen-bond acceptors (Lipinski definition) is 4. The Labute approximate surface area is 155 Å². The van der Waals surface area contributed by atoms with E-state index in [2.05, 4.69) is 30.5 Å². The summed E-state index contributed by atoms with van der Waals surface area (Å²) in [5.41, 5.74) is 3.58. The Hall–Kier alpha value is -2.40. The van der Waals surface area contributed by atoms with Crippen molar-refractivity contribution >= 4 is 24.0 Å². The molecule has 2 rings (SSSR count). The standard InChI is InChI=1S/C21H28N2O3/c1-5-21(3,22(4)14-20(25)26)13-17(15-24)11-16-7-8-19-18(12-16)9-10-23(19)6-2/h5,7-8,11-12,15H,1,6,9-10,13-14H2,2-4H3,(H,25,26)/b17-11-. The normalized spacial score (nSPS) is 16.3. The first-order valence-corrected chi connectivity index (χ1v) is 8.93. The molecule has 0 bridgehead atoms. The summed E-state index contributed by atoms with van der Waals surface area (Å²) in [4.78, 5) is 26.7. The van der Waals surface area contributed by atoms with Crippen LogP contribution in [0, 0.1) is 0 Å². The monoisotopic (exact) mass is 356 g/mol. The van der Waals surface area contributed by atoms with E-state index in [1.165, 1.54) is 11.3 Å². The van der Waals surface area contributed by atoms with Crippen molar-refractivity contribution in [3.63, 3.8) is 0 Å². The molecule has 26 heavy (non-hydrogen) atoms. The molecule has 0 fully saturated rings. The van der Waals surface area contributed by atoms with Crippen LogP contribution in [0.2, 0.25) is 0 Å². The summed E-state index contributed by atoms with van der Waals surface area (Å²) >= 11 is 0. The van der Waals surface area contributed by atoms with Crippen LogP contribution >= 0.6 is 0 Å². The van der Waals surface area contributed by atoms with Crippen LogP contribution in [0.1, 0.15) is 31.4 Å². The number of carbonyl (C=O) groups excluding carboxylic acids is 1. The summed E-state index contributed by atoms with van der Waals surface area (Å²) in [5, 5.41) is 9.04. The molecule has 0 radical (unpaired) electrons. The molecule has 140 valence electrons. The lowest BCUT2D eigenvalue weighted by molar-refractivity contribution is -0.139. The number of anilines is 1. The number of likely N-dealkylation sites (N-methyl/N-ethyl adjacent to an activating group) is 2. The van der Waals surface area contributed by atoms with Crippen molar-refractivity contribution in [1.82, 2.24) is 4.90 Å². The predicted octanol–water partition coefficient (Wildman–Crippen LogP) is 3.00. The molecule has 1 unspecified atom stereocenters. The van der Waals surface area contributed by atoms with Gasteiger partial charge in [-0.1, -0.05) is 12.1 Å². The zero-order chi connectivity index (χ0) is 19.3. The number of carboxylic acids is 1. The molecule has 0 aromatic heterocycles. The number of benzene rings is 1. The molecule has 1 N–H and O–H groups in total. The Balaban J connectivity index is 2.23. The lowest BCUT2D eigenvalue weighted by Crippen LogP contribution is -2.45. The molecule has 0 saturated carbocycles. The highest BCUT2D eigenvalue weighted by atomic mass is 16.4. The van der Waals surface area contributed by atoms with Crippen LogP contribution in [0.25, 0.3) is 6.08 Å². The average molecular weight is 356 g/mol. The fourth-order valence-corrected chi connectivity index (χ4v) is 3.41. The molecular weight excluding hydrogens is 328 g/mol. The first kappa shape index (κ1) is 19.9. The highest BCUT2D eigenvalue weighted by molar-refractivity contribution is 5.82. The summed E-state index contributed by atoms with van der Waals surface area (Å²) in [6.07, 6.45) is 5.87. The number of aliphatic carboxylic acids is 1. The van der Waals surface area contributed by atoms with Gasteiger partial charge in [-0.2, -0.15) is 0 Å². The van der Waals surface area contributed by atoms with Crippen molar-refractivity contribution in [1.29, 1.82) is 0 Å². The zero-order valence-corrected chi connectivity index (χ0v) is 15.9. The fraction of sp³-hybridized carbons (Fsp3) is 0.429. The molecule has 0 aliphatic carbocycles. The van der Waals surface area contributed by atoms with E-state index in [1.54, 1.807) is 18.0 Å². The van der Waals surface area contributed by atoms with E-state index in [9.17, 15) is 9.59 Å². The molecule has 1 aromatic rings. The second-order valence-electron chi connectivity index (χ2n) is 7.04. The van der Waals surface area contributed by atoms with Crippen molar-refractivity contribution in [3.05, 3.63) is 47.6 Å². The molecule has 1 aliphatic heterocycles. The minimum Gasteiger partial charge on any atom is -0.480 e. The number of hydrogen-bond donors (Lipinski definition) is 1. The summed E-state index contributed by atoms with van der Waals surface area (Å²) in [5.74, 6) is -0.906. The minimum atomic E-state index is -0.906. The highest BCUT2D eigenvalue weighted by Crippen LogP contribution is 2.30. The van der Waals surface area contributed by atoms with Crippen molar-refractivity contribution in [2.24, 2.45) is 0 Å². The van der Waals surface area contributed by atoms with Crippen LogP contribution < -0.4 is 4.90 Å². The van der Waals surface area contributed by atoms with Crippen molar-refractivity contribution in [2.75, 3.05) is 31.6 Å². The molecule has 1 heterocycles. The van der Waals surface area contributed by atoms with Gasteiger partial charge in [0.05, 0.1) is 6.54 Å². The number of fused-ring (bicyclic) bond motifs is 1. The predicted molar refractivity (Wildman–Crippen MR) is 106 cm³/mol. The van der Waals surface area contributed by atoms with Gasteiger partial charge >= 0.3 is 5.97 Å². The number of nitrogens with zero attached hydrogens (tertiary/aromatic N) is 2. The van der Waals surface area contributed by atoms with Gasteiger partial charge in [0.25, 0.3) is 0 Å². The summed E-state index contributed by atoms with van der Waals surface area (Å²) < 4.78 is 0. The summed E-state index contributed by atoms with van der Waals surface area (Å²) in [6.45, 7) is 9.80. The lowest BCUT2D eigenvalue weighted by atomic mass is 9.90. The molecule has 0 amide bonds. The average Bonchev–Trinajstić information content (AvgIpc) is 3.02. The third-order valence-electron chi connectivity index (χ3n) is 5.23. The molecule has 1 aliphatic rings. The Kier molecular flexibility index (Phi) is 6.37. The van der Waals surface area contributed by atoms with E-state index in [0.717, 1.165) is 31.4 Å². The molecule has 1 aromatic carbocycles. The van der Waals surface area contributed by atoms with Crippen molar-refractivity contribution in [3.8, 4) is 0 Å². The number of aldehydes is 1. The zero-order valence-electron chi connectivity index (χ0n) is 15.9. The van der Waals surface area contributed by atoms with Crippen LogP contribution in [0.4, 0.5) is 5.69 Å². The van der Waals surface area contributed by atoms with Gasteiger partial charge in [-0.25, -0.2) is 0 Å². The van der Waals surface area contributed by atoms with Crippen LogP contribution in [0.5, 0.6) is 0 Å². The largest absolute Gasteiger partial charge is 0.480 e. The molecule has 0 spiro atoms. The fourth-order valence-electron chi connectivity index (χ4n) is 3.41. The van der Waals surface area contributed by atoms with Crippen LogP contribution in [0.3, 0.4) is 0 Å². The number of rotatable bonds is 9.